The van der Waals surface area contributed by atoms with Crippen LogP contribution in [0.3, 0.4) is 0 Å². The summed E-state index contributed by atoms with van der Waals surface area (Å²) in [6.45, 7) is 2.49. The van der Waals surface area contributed by atoms with Crippen LogP contribution < -0.4 is 5.32 Å². The van der Waals surface area contributed by atoms with Crippen molar-refractivity contribution < 1.29 is 4.74 Å². The summed E-state index contributed by atoms with van der Waals surface area (Å²) in [7, 11) is 3.94. The predicted octanol–water partition coefficient (Wildman–Crippen LogP) is 1.63. The van der Waals surface area contributed by atoms with E-state index in [-0.39, 0.29) is 0 Å². The zero-order valence-corrected chi connectivity index (χ0v) is 10.7. The molecular weight excluding hydrogens is 200 g/mol. The summed E-state index contributed by atoms with van der Waals surface area (Å²) in [4.78, 5) is 2.70. The van der Waals surface area contributed by atoms with E-state index in [4.69, 9.17) is 4.74 Å². The van der Waals surface area contributed by atoms with Crippen LogP contribution in [-0.4, -0.2) is 50.3 Å². The fraction of sp³-hybridized carbons (Fsp3) is 1.00. The highest BCUT2D eigenvalue weighted by Crippen LogP contribution is 2.26. The molecule has 2 aliphatic rings. The number of nitrogens with one attached hydrogen (secondary N) is 1. The van der Waals surface area contributed by atoms with E-state index < -0.39 is 0 Å². The van der Waals surface area contributed by atoms with Gasteiger partial charge in [-0.3, -0.25) is 0 Å². The van der Waals surface area contributed by atoms with Gasteiger partial charge < -0.3 is 15.0 Å². The highest BCUT2D eigenvalue weighted by molar-refractivity contribution is 4.84. The summed E-state index contributed by atoms with van der Waals surface area (Å²) < 4.78 is 5.42. The van der Waals surface area contributed by atoms with E-state index in [0.29, 0.717) is 6.10 Å². The normalized spacial score (nSPS) is 34.1. The van der Waals surface area contributed by atoms with Gasteiger partial charge in [-0.1, -0.05) is 0 Å². The second kappa shape index (κ2) is 5.99. The Hall–Kier alpha value is -0.120. The third kappa shape index (κ3) is 2.96. The molecule has 0 spiro atoms. The molecular formula is C13H26N2O. The molecule has 0 aromatic heterocycles. The number of rotatable bonds is 3. The highest BCUT2D eigenvalue weighted by Gasteiger charge is 2.28. The molecule has 0 unspecified atom stereocenters. The molecule has 0 aromatic carbocycles. The molecule has 1 aliphatic heterocycles. The summed E-state index contributed by atoms with van der Waals surface area (Å²) in [5.41, 5.74) is 0. The average molecular weight is 226 g/mol. The molecule has 0 bridgehead atoms. The van der Waals surface area contributed by atoms with Crippen LogP contribution in [0.15, 0.2) is 0 Å². The van der Waals surface area contributed by atoms with E-state index in [1.807, 2.05) is 7.11 Å². The highest BCUT2D eigenvalue weighted by atomic mass is 16.5. The van der Waals surface area contributed by atoms with Crippen molar-refractivity contribution in [3.63, 3.8) is 0 Å². The maximum Gasteiger partial charge on any atom is 0.0595 e. The number of hydrogen-bond acceptors (Lipinski definition) is 3. The van der Waals surface area contributed by atoms with Gasteiger partial charge in [-0.25, -0.2) is 0 Å². The van der Waals surface area contributed by atoms with Crippen molar-refractivity contribution in [2.75, 3.05) is 27.2 Å². The Kier molecular flexibility index (Phi) is 4.62. The van der Waals surface area contributed by atoms with Crippen LogP contribution in [0.2, 0.25) is 0 Å². The van der Waals surface area contributed by atoms with Crippen LogP contribution in [0.1, 0.15) is 38.5 Å². The third-order valence-corrected chi connectivity index (χ3v) is 4.43. The first-order chi connectivity index (χ1) is 7.83. The zero-order chi connectivity index (χ0) is 11.4. The van der Waals surface area contributed by atoms with E-state index in [1.54, 1.807) is 0 Å². The molecule has 0 amide bonds. The van der Waals surface area contributed by atoms with Gasteiger partial charge in [0.25, 0.3) is 0 Å². The maximum absolute atomic E-state index is 5.42. The standard InChI is InChI=1S/C13H26N2O/c1-14-11-3-5-12(6-4-11)15-9-7-13(16-2)8-10-15/h11-14H,3-10H2,1-2H3. The fourth-order valence-corrected chi connectivity index (χ4v) is 3.21. The number of hydrogen-bond donors (Lipinski definition) is 1. The second-order valence-electron chi connectivity index (χ2n) is 5.27. The lowest BCUT2D eigenvalue weighted by atomic mass is 9.89. The van der Waals surface area contributed by atoms with E-state index in [9.17, 15) is 0 Å². The molecule has 3 nitrogen and oxygen atoms in total. The lowest BCUT2D eigenvalue weighted by Gasteiger charge is -2.40. The average Bonchev–Trinajstić information content (AvgIpc) is 2.39. The quantitative estimate of drug-likeness (QED) is 0.791. The first kappa shape index (κ1) is 12.3. The van der Waals surface area contributed by atoms with Crippen LogP contribution in [0.5, 0.6) is 0 Å². The predicted molar refractivity (Wildman–Crippen MR) is 66.7 cm³/mol. The number of ether oxygens (including phenoxy) is 1. The molecule has 1 saturated heterocycles. The molecule has 1 saturated carbocycles. The lowest BCUT2D eigenvalue weighted by Crippen LogP contribution is -2.46. The minimum atomic E-state index is 0.518. The number of piperidine rings is 1. The van der Waals surface area contributed by atoms with Crippen LogP contribution in [-0.2, 0) is 4.74 Å². The van der Waals surface area contributed by atoms with Crippen LogP contribution >= 0.6 is 0 Å². The maximum atomic E-state index is 5.42. The first-order valence-electron chi connectivity index (χ1n) is 6.77. The van der Waals surface area contributed by atoms with Crippen molar-refractivity contribution in [2.45, 2.75) is 56.7 Å². The summed E-state index contributed by atoms with van der Waals surface area (Å²) in [5.74, 6) is 0. The van der Waals surface area contributed by atoms with Gasteiger partial charge in [0.05, 0.1) is 6.10 Å². The van der Waals surface area contributed by atoms with Crippen LogP contribution in [0.25, 0.3) is 0 Å². The van der Waals surface area contributed by atoms with Gasteiger partial charge in [0.1, 0.15) is 0 Å². The summed E-state index contributed by atoms with van der Waals surface area (Å²) in [6, 6.07) is 1.62. The van der Waals surface area contributed by atoms with Gasteiger partial charge in [-0.2, -0.15) is 0 Å². The molecule has 2 rings (SSSR count). The van der Waals surface area contributed by atoms with Crippen molar-refractivity contribution in [1.29, 1.82) is 0 Å². The molecule has 0 aromatic rings. The number of likely N-dealkylation sites (tertiary alicyclic amines) is 1. The monoisotopic (exact) mass is 226 g/mol. The Bertz CT molecular complexity index is 172. The van der Waals surface area contributed by atoms with E-state index in [2.05, 4.69) is 17.3 Å². The Morgan fingerprint density at radius 3 is 2.12 bits per heavy atom. The van der Waals surface area contributed by atoms with Crippen LogP contribution in [0.4, 0.5) is 0 Å². The largest absolute Gasteiger partial charge is 0.381 e. The first-order valence-corrected chi connectivity index (χ1v) is 6.77. The Morgan fingerprint density at radius 2 is 1.62 bits per heavy atom. The van der Waals surface area contributed by atoms with Gasteiger partial charge >= 0.3 is 0 Å². The Labute approximate surface area is 99.5 Å². The number of methoxy groups -OCH3 is 1. The minimum Gasteiger partial charge on any atom is -0.381 e. The van der Waals surface area contributed by atoms with Gasteiger partial charge in [0.2, 0.25) is 0 Å². The van der Waals surface area contributed by atoms with Crippen molar-refractivity contribution in [1.82, 2.24) is 10.2 Å². The van der Waals surface area contributed by atoms with E-state index in [0.717, 1.165) is 12.1 Å². The molecule has 1 N–H and O–H groups in total. The summed E-state index contributed by atoms with van der Waals surface area (Å²) in [5, 5.41) is 3.41. The molecule has 0 atom stereocenters. The van der Waals surface area contributed by atoms with Crippen molar-refractivity contribution in [2.24, 2.45) is 0 Å². The molecule has 1 heterocycles. The van der Waals surface area contributed by atoms with E-state index in [1.165, 1.54) is 51.6 Å². The Balaban J connectivity index is 1.73. The number of nitrogens with zero attached hydrogens (tertiary/aromatic N) is 1. The van der Waals surface area contributed by atoms with Crippen molar-refractivity contribution in [3.8, 4) is 0 Å². The SMILES string of the molecule is CNC1CCC(N2CCC(OC)CC2)CC1. The molecule has 2 fully saturated rings. The van der Waals surface area contributed by atoms with Gasteiger partial charge in [0.15, 0.2) is 0 Å². The Morgan fingerprint density at radius 1 is 1.00 bits per heavy atom. The second-order valence-corrected chi connectivity index (χ2v) is 5.27. The summed E-state index contributed by atoms with van der Waals surface area (Å²) >= 11 is 0. The van der Waals surface area contributed by atoms with Crippen molar-refractivity contribution in [3.05, 3.63) is 0 Å². The van der Waals surface area contributed by atoms with Gasteiger partial charge in [-0.15, -0.1) is 0 Å². The topological polar surface area (TPSA) is 24.5 Å². The molecule has 3 heteroatoms. The van der Waals surface area contributed by atoms with Crippen molar-refractivity contribution >= 4 is 0 Å². The minimum absolute atomic E-state index is 0.518. The molecule has 16 heavy (non-hydrogen) atoms. The van der Waals surface area contributed by atoms with Crippen LogP contribution in [0, 0.1) is 0 Å². The fourth-order valence-electron chi connectivity index (χ4n) is 3.21. The van der Waals surface area contributed by atoms with Gasteiger partial charge in [-0.05, 0) is 45.6 Å². The van der Waals surface area contributed by atoms with Gasteiger partial charge in [0, 0.05) is 32.3 Å². The molecule has 0 radical (unpaired) electrons. The lowest BCUT2D eigenvalue weighted by molar-refractivity contribution is 0.0195. The smallest absolute Gasteiger partial charge is 0.0595 e. The van der Waals surface area contributed by atoms with E-state index >= 15 is 0 Å². The third-order valence-electron chi connectivity index (χ3n) is 4.43. The molecule has 94 valence electrons. The zero-order valence-electron chi connectivity index (χ0n) is 10.7. The molecule has 1 aliphatic carbocycles. The summed E-state index contributed by atoms with van der Waals surface area (Å²) in [6.07, 6.45) is 8.43.